The number of carbonyl (C=O) groups excluding carboxylic acids is 1. The highest BCUT2D eigenvalue weighted by Gasteiger charge is 2.27. The number of amides is 1. The summed E-state index contributed by atoms with van der Waals surface area (Å²) < 4.78 is 2.10. The SMILES string of the molecule is CC(C)NC(=O)c1cn2c(n1)[C@H](C)N(Cc1cccnc1)CC2. The van der Waals surface area contributed by atoms with E-state index >= 15 is 0 Å². The summed E-state index contributed by atoms with van der Waals surface area (Å²) in [5, 5.41) is 2.90. The Balaban J connectivity index is 1.76. The van der Waals surface area contributed by atoms with Gasteiger partial charge in [0.25, 0.3) is 5.91 Å². The fourth-order valence-corrected chi connectivity index (χ4v) is 2.92. The van der Waals surface area contributed by atoms with Gasteiger partial charge in [0.15, 0.2) is 0 Å². The van der Waals surface area contributed by atoms with Crippen LogP contribution < -0.4 is 5.32 Å². The van der Waals surface area contributed by atoms with Crippen molar-refractivity contribution >= 4 is 5.91 Å². The van der Waals surface area contributed by atoms with Gasteiger partial charge in [-0.05, 0) is 32.4 Å². The van der Waals surface area contributed by atoms with Crippen molar-refractivity contribution in [3.8, 4) is 0 Å². The standard InChI is InChI=1S/C17H23N5O/c1-12(2)19-17(23)15-11-22-8-7-21(13(3)16(22)20-15)10-14-5-4-6-18-9-14/h4-6,9,11-13H,7-8,10H2,1-3H3,(H,19,23)/t13-/m0/s1. The average Bonchev–Trinajstić information content (AvgIpc) is 2.96. The molecule has 1 N–H and O–H groups in total. The van der Waals surface area contributed by atoms with Crippen LogP contribution in [0.25, 0.3) is 0 Å². The highest BCUT2D eigenvalue weighted by atomic mass is 16.1. The van der Waals surface area contributed by atoms with Crippen molar-refractivity contribution in [2.24, 2.45) is 0 Å². The van der Waals surface area contributed by atoms with Gasteiger partial charge in [-0.2, -0.15) is 0 Å². The minimum atomic E-state index is -0.104. The van der Waals surface area contributed by atoms with Crippen LogP contribution in [0.4, 0.5) is 0 Å². The minimum absolute atomic E-state index is 0.104. The molecule has 23 heavy (non-hydrogen) atoms. The lowest BCUT2D eigenvalue weighted by Gasteiger charge is -2.33. The van der Waals surface area contributed by atoms with Crippen LogP contribution in [0.2, 0.25) is 0 Å². The molecule has 0 fully saturated rings. The molecule has 0 unspecified atom stereocenters. The van der Waals surface area contributed by atoms with E-state index in [0.717, 1.165) is 25.5 Å². The van der Waals surface area contributed by atoms with Gasteiger partial charge in [0.1, 0.15) is 11.5 Å². The number of rotatable bonds is 4. The number of nitrogens with zero attached hydrogens (tertiary/aromatic N) is 4. The molecular formula is C17H23N5O. The zero-order valence-electron chi connectivity index (χ0n) is 13.9. The maximum Gasteiger partial charge on any atom is 0.271 e. The van der Waals surface area contributed by atoms with E-state index in [1.165, 1.54) is 5.56 Å². The molecule has 2 aromatic heterocycles. The van der Waals surface area contributed by atoms with Crippen molar-refractivity contribution in [3.63, 3.8) is 0 Å². The van der Waals surface area contributed by atoms with Crippen molar-refractivity contribution in [1.82, 2.24) is 24.8 Å². The second-order valence-electron chi connectivity index (χ2n) is 6.31. The summed E-state index contributed by atoms with van der Waals surface area (Å²) in [6.07, 6.45) is 5.55. The molecule has 1 aliphatic rings. The summed E-state index contributed by atoms with van der Waals surface area (Å²) in [7, 11) is 0. The lowest BCUT2D eigenvalue weighted by molar-refractivity contribution is 0.0938. The fourth-order valence-electron chi connectivity index (χ4n) is 2.92. The molecule has 0 bridgehead atoms. The monoisotopic (exact) mass is 313 g/mol. The molecule has 0 spiro atoms. The Bertz CT molecular complexity index is 680. The number of fused-ring (bicyclic) bond motifs is 1. The van der Waals surface area contributed by atoms with Gasteiger partial charge < -0.3 is 9.88 Å². The third kappa shape index (κ3) is 3.42. The highest BCUT2D eigenvalue weighted by molar-refractivity contribution is 5.92. The number of hydrogen-bond acceptors (Lipinski definition) is 4. The van der Waals surface area contributed by atoms with Gasteiger partial charge in [-0.3, -0.25) is 14.7 Å². The second-order valence-corrected chi connectivity index (χ2v) is 6.31. The number of hydrogen-bond donors (Lipinski definition) is 1. The van der Waals surface area contributed by atoms with Gasteiger partial charge in [0.05, 0.1) is 6.04 Å². The molecule has 3 heterocycles. The largest absolute Gasteiger partial charge is 0.348 e. The molecule has 0 aromatic carbocycles. The molecule has 0 aliphatic carbocycles. The molecule has 3 rings (SSSR count). The molecule has 122 valence electrons. The normalized spacial score (nSPS) is 18.0. The van der Waals surface area contributed by atoms with Crippen LogP contribution in [0, 0.1) is 0 Å². The Labute approximate surface area is 136 Å². The van der Waals surface area contributed by atoms with E-state index in [1.807, 2.05) is 32.3 Å². The van der Waals surface area contributed by atoms with Crippen LogP contribution >= 0.6 is 0 Å². The number of pyridine rings is 1. The van der Waals surface area contributed by atoms with Crippen LogP contribution in [0.3, 0.4) is 0 Å². The van der Waals surface area contributed by atoms with Crippen molar-refractivity contribution < 1.29 is 4.79 Å². The molecule has 0 radical (unpaired) electrons. The summed E-state index contributed by atoms with van der Waals surface area (Å²) in [4.78, 5) is 23.3. The second kappa shape index (κ2) is 6.50. The van der Waals surface area contributed by atoms with E-state index in [4.69, 9.17) is 0 Å². The molecule has 0 saturated carbocycles. The Morgan fingerprint density at radius 1 is 1.43 bits per heavy atom. The molecule has 0 saturated heterocycles. The lowest BCUT2D eigenvalue weighted by Crippen LogP contribution is -2.36. The van der Waals surface area contributed by atoms with Gasteiger partial charge in [0.2, 0.25) is 0 Å². The summed E-state index contributed by atoms with van der Waals surface area (Å²) in [6.45, 7) is 8.67. The molecule has 6 nitrogen and oxygen atoms in total. The zero-order valence-corrected chi connectivity index (χ0v) is 13.9. The third-order valence-corrected chi connectivity index (χ3v) is 4.12. The topological polar surface area (TPSA) is 63.1 Å². The maximum absolute atomic E-state index is 12.1. The Morgan fingerprint density at radius 2 is 2.26 bits per heavy atom. The predicted molar refractivity (Wildman–Crippen MR) is 87.9 cm³/mol. The highest BCUT2D eigenvalue weighted by Crippen LogP contribution is 2.26. The minimum Gasteiger partial charge on any atom is -0.348 e. The number of carbonyl (C=O) groups is 1. The first-order valence-corrected chi connectivity index (χ1v) is 8.05. The van der Waals surface area contributed by atoms with Crippen LogP contribution in [-0.2, 0) is 13.1 Å². The van der Waals surface area contributed by atoms with Crippen LogP contribution in [0.5, 0.6) is 0 Å². The first-order valence-electron chi connectivity index (χ1n) is 8.05. The van der Waals surface area contributed by atoms with Gasteiger partial charge >= 0.3 is 0 Å². The first-order chi connectivity index (χ1) is 11.0. The molecular weight excluding hydrogens is 290 g/mol. The average molecular weight is 313 g/mol. The van der Waals surface area contributed by atoms with Crippen LogP contribution in [0.1, 0.15) is 48.7 Å². The van der Waals surface area contributed by atoms with Crippen LogP contribution in [0.15, 0.2) is 30.7 Å². The fraction of sp³-hybridized carbons (Fsp3) is 0.471. The van der Waals surface area contributed by atoms with E-state index in [-0.39, 0.29) is 18.0 Å². The molecule has 2 aromatic rings. The van der Waals surface area contributed by atoms with E-state index in [9.17, 15) is 4.79 Å². The molecule has 1 atom stereocenters. The van der Waals surface area contributed by atoms with E-state index < -0.39 is 0 Å². The molecule has 6 heteroatoms. The number of aromatic nitrogens is 3. The number of imidazole rings is 1. The number of nitrogens with one attached hydrogen (secondary N) is 1. The summed E-state index contributed by atoms with van der Waals surface area (Å²) in [6, 6.07) is 4.33. The molecule has 1 amide bonds. The first kappa shape index (κ1) is 15.7. The van der Waals surface area contributed by atoms with Crippen molar-refractivity contribution in [3.05, 3.63) is 47.8 Å². The van der Waals surface area contributed by atoms with E-state index in [0.29, 0.717) is 5.69 Å². The summed E-state index contributed by atoms with van der Waals surface area (Å²) >= 11 is 0. The van der Waals surface area contributed by atoms with Crippen LogP contribution in [-0.4, -0.2) is 37.9 Å². The summed E-state index contributed by atoms with van der Waals surface area (Å²) in [5.74, 6) is 0.849. The van der Waals surface area contributed by atoms with E-state index in [2.05, 4.69) is 37.7 Å². The predicted octanol–water partition coefficient (Wildman–Crippen LogP) is 1.99. The van der Waals surface area contributed by atoms with Crippen molar-refractivity contribution in [2.75, 3.05) is 6.54 Å². The zero-order chi connectivity index (χ0) is 16.4. The third-order valence-electron chi connectivity index (χ3n) is 4.12. The van der Waals surface area contributed by atoms with Gasteiger partial charge in [-0.25, -0.2) is 4.98 Å². The Kier molecular flexibility index (Phi) is 4.43. The van der Waals surface area contributed by atoms with Gasteiger partial charge in [-0.15, -0.1) is 0 Å². The molecule has 1 aliphatic heterocycles. The van der Waals surface area contributed by atoms with E-state index in [1.54, 1.807) is 6.20 Å². The summed E-state index contributed by atoms with van der Waals surface area (Å²) in [5.41, 5.74) is 1.70. The van der Waals surface area contributed by atoms with Crippen molar-refractivity contribution in [1.29, 1.82) is 0 Å². The maximum atomic E-state index is 12.1. The lowest BCUT2D eigenvalue weighted by atomic mass is 10.1. The smallest absolute Gasteiger partial charge is 0.271 e. The Morgan fingerprint density at radius 3 is 2.96 bits per heavy atom. The van der Waals surface area contributed by atoms with Crippen molar-refractivity contribution in [2.45, 2.75) is 45.9 Å². The van der Waals surface area contributed by atoms with Gasteiger partial charge in [0, 0.05) is 44.3 Å². The van der Waals surface area contributed by atoms with Gasteiger partial charge in [-0.1, -0.05) is 6.07 Å². The Hall–Kier alpha value is -2.21. The quantitative estimate of drug-likeness (QED) is 0.937.